The van der Waals surface area contributed by atoms with Gasteiger partial charge in [-0.2, -0.15) is 0 Å². The molecule has 1 N–H and O–H groups in total. The van der Waals surface area contributed by atoms with Crippen molar-refractivity contribution in [2.24, 2.45) is 0 Å². The number of ether oxygens (including phenoxy) is 1. The number of aromatic nitrogens is 2. The van der Waals surface area contributed by atoms with Gasteiger partial charge in [-0.1, -0.05) is 24.8 Å². The van der Waals surface area contributed by atoms with E-state index in [1.807, 2.05) is 18.2 Å². The predicted octanol–water partition coefficient (Wildman–Crippen LogP) is 3.94. The van der Waals surface area contributed by atoms with Gasteiger partial charge in [0.15, 0.2) is 0 Å². The first-order chi connectivity index (χ1) is 10.2. The highest BCUT2D eigenvalue weighted by Gasteiger charge is 2.11. The Morgan fingerprint density at radius 3 is 2.71 bits per heavy atom. The van der Waals surface area contributed by atoms with E-state index in [1.54, 1.807) is 18.9 Å². The Morgan fingerprint density at radius 2 is 2.05 bits per heavy atom. The van der Waals surface area contributed by atoms with Crippen LogP contribution in [0.5, 0.6) is 5.75 Å². The zero-order chi connectivity index (χ0) is 15.2. The molecule has 112 valence electrons. The number of methoxy groups -OCH3 is 1. The lowest BCUT2D eigenvalue weighted by Crippen LogP contribution is -2.07. The lowest BCUT2D eigenvalue weighted by Gasteiger charge is -2.12. The van der Waals surface area contributed by atoms with Gasteiger partial charge in [-0.15, -0.1) is 0 Å². The summed E-state index contributed by atoms with van der Waals surface area (Å²) in [6.45, 7) is 7.05. The molecule has 2 rings (SSSR count). The first kappa shape index (κ1) is 15.6. The quantitative estimate of drug-likeness (QED) is 0.819. The number of aryl methyl sites for hydroxylation is 1. The van der Waals surface area contributed by atoms with E-state index >= 15 is 0 Å². The molecule has 21 heavy (non-hydrogen) atoms. The minimum atomic E-state index is 0.824. The lowest BCUT2D eigenvalue weighted by molar-refractivity contribution is 0.413. The summed E-state index contributed by atoms with van der Waals surface area (Å²) in [5.41, 5.74) is 1.09. The van der Waals surface area contributed by atoms with Crippen LogP contribution in [0.3, 0.4) is 0 Å². The van der Waals surface area contributed by atoms with Crippen LogP contribution in [0.15, 0.2) is 34.2 Å². The average molecular weight is 303 g/mol. The van der Waals surface area contributed by atoms with Crippen molar-refractivity contribution in [2.45, 2.75) is 37.1 Å². The van der Waals surface area contributed by atoms with Crippen LogP contribution in [-0.2, 0) is 6.42 Å². The second-order valence-electron chi connectivity index (χ2n) is 4.58. The van der Waals surface area contributed by atoms with Gasteiger partial charge in [-0.3, -0.25) is 0 Å². The maximum absolute atomic E-state index is 5.27. The summed E-state index contributed by atoms with van der Waals surface area (Å²) in [5.74, 6) is 2.64. The van der Waals surface area contributed by atoms with Crippen LogP contribution in [0, 0.1) is 6.92 Å². The standard InChI is InChI=1S/C16H21N3OS/c1-5-14-18-15(17-6-2)11(3)16(19-14)21-13-9-7-8-12(10-13)20-4/h7-10H,5-6H2,1-4H3,(H,17,18,19). The van der Waals surface area contributed by atoms with Crippen LogP contribution < -0.4 is 10.1 Å². The van der Waals surface area contributed by atoms with E-state index in [-0.39, 0.29) is 0 Å². The minimum Gasteiger partial charge on any atom is -0.497 e. The Morgan fingerprint density at radius 1 is 1.24 bits per heavy atom. The van der Waals surface area contributed by atoms with E-state index < -0.39 is 0 Å². The van der Waals surface area contributed by atoms with Crippen LogP contribution in [0.1, 0.15) is 25.2 Å². The monoisotopic (exact) mass is 303 g/mol. The van der Waals surface area contributed by atoms with Gasteiger partial charge in [0.1, 0.15) is 22.4 Å². The Labute approximate surface area is 130 Å². The van der Waals surface area contributed by atoms with E-state index in [1.165, 1.54) is 0 Å². The van der Waals surface area contributed by atoms with E-state index in [2.05, 4.69) is 42.1 Å². The number of hydrogen-bond donors (Lipinski definition) is 1. The summed E-state index contributed by atoms with van der Waals surface area (Å²) in [6, 6.07) is 8.01. The molecule has 0 bridgehead atoms. The highest BCUT2D eigenvalue weighted by molar-refractivity contribution is 7.99. The van der Waals surface area contributed by atoms with Crippen LogP contribution in [-0.4, -0.2) is 23.6 Å². The summed E-state index contributed by atoms with van der Waals surface area (Å²) in [7, 11) is 1.68. The normalized spacial score (nSPS) is 10.5. The molecule has 1 aromatic heterocycles. The van der Waals surface area contributed by atoms with Gasteiger partial charge >= 0.3 is 0 Å². The fourth-order valence-corrected chi connectivity index (χ4v) is 2.86. The third kappa shape index (κ3) is 3.88. The van der Waals surface area contributed by atoms with Crippen LogP contribution in [0.2, 0.25) is 0 Å². The fraction of sp³-hybridized carbons (Fsp3) is 0.375. The molecule has 5 heteroatoms. The van der Waals surface area contributed by atoms with Crippen molar-refractivity contribution < 1.29 is 4.74 Å². The van der Waals surface area contributed by atoms with E-state index in [0.29, 0.717) is 0 Å². The summed E-state index contributed by atoms with van der Waals surface area (Å²) in [5, 5.41) is 4.30. The molecule has 0 spiro atoms. The van der Waals surface area contributed by atoms with Crippen molar-refractivity contribution >= 4 is 17.6 Å². The van der Waals surface area contributed by atoms with Gasteiger partial charge < -0.3 is 10.1 Å². The van der Waals surface area contributed by atoms with Crippen LogP contribution in [0.25, 0.3) is 0 Å². The molecule has 0 aliphatic heterocycles. The number of nitrogens with one attached hydrogen (secondary N) is 1. The lowest BCUT2D eigenvalue weighted by atomic mass is 10.3. The van der Waals surface area contributed by atoms with Gasteiger partial charge in [0, 0.05) is 23.4 Å². The first-order valence-electron chi connectivity index (χ1n) is 7.11. The van der Waals surface area contributed by atoms with Crippen molar-refractivity contribution in [3.05, 3.63) is 35.7 Å². The van der Waals surface area contributed by atoms with Gasteiger partial charge in [0.2, 0.25) is 0 Å². The topological polar surface area (TPSA) is 47.0 Å². The van der Waals surface area contributed by atoms with Gasteiger partial charge in [0.05, 0.1) is 7.11 Å². The third-order valence-electron chi connectivity index (χ3n) is 3.06. The van der Waals surface area contributed by atoms with Crippen LogP contribution in [0.4, 0.5) is 5.82 Å². The summed E-state index contributed by atoms with van der Waals surface area (Å²) >= 11 is 1.64. The summed E-state index contributed by atoms with van der Waals surface area (Å²) < 4.78 is 5.27. The van der Waals surface area contributed by atoms with Gasteiger partial charge in [0.25, 0.3) is 0 Å². The average Bonchev–Trinajstić information content (AvgIpc) is 2.51. The van der Waals surface area contributed by atoms with Crippen molar-refractivity contribution in [2.75, 3.05) is 19.0 Å². The molecule has 0 aliphatic carbocycles. The molecule has 0 radical (unpaired) electrons. The smallest absolute Gasteiger partial charge is 0.133 e. The second kappa shape index (κ2) is 7.31. The number of nitrogens with zero attached hydrogens (tertiary/aromatic N) is 2. The van der Waals surface area contributed by atoms with E-state index in [9.17, 15) is 0 Å². The molecule has 0 unspecified atom stereocenters. The molecule has 0 saturated heterocycles. The predicted molar refractivity (Wildman–Crippen MR) is 87.4 cm³/mol. The number of anilines is 1. The molecule has 2 aromatic rings. The van der Waals surface area contributed by atoms with Crippen molar-refractivity contribution in [3.63, 3.8) is 0 Å². The summed E-state index contributed by atoms with van der Waals surface area (Å²) in [4.78, 5) is 10.3. The van der Waals surface area contributed by atoms with Crippen molar-refractivity contribution in [1.82, 2.24) is 9.97 Å². The second-order valence-corrected chi connectivity index (χ2v) is 5.65. The van der Waals surface area contributed by atoms with E-state index in [0.717, 1.165) is 45.8 Å². The van der Waals surface area contributed by atoms with Crippen molar-refractivity contribution in [3.8, 4) is 5.75 Å². The molecule has 0 amide bonds. The fourth-order valence-electron chi connectivity index (χ4n) is 1.91. The molecule has 1 aromatic carbocycles. The maximum atomic E-state index is 5.27. The molecular formula is C16H21N3OS. The minimum absolute atomic E-state index is 0.824. The Kier molecular flexibility index (Phi) is 5.44. The Bertz CT molecular complexity index is 616. The zero-order valence-corrected chi connectivity index (χ0v) is 13.8. The Hall–Kier alpha value is -1.75. The third-order valence-corrected chi connectivity index (χ3v) is 4.14. The molecule has 0 fully saturated rings. The van der Waals surface area contributed by atoms with Gasteiger partial charge in [-0.05, 0) is 32.0 Å². The summed E-state index contributed by atoms with van der Waals surface area (Å²) in [6.07, 6.45) is 0.824. The zero-order valence-electron chi connectivity index (χ0n) is 12.9. The number of benzene rings is 1. The maximum Gasteiger partial charge on any atom is 0.133 e. The van der Waals surface area contributed by atoms with E-state index in [4.69, 9.17) is 4.74 Å². The number of rotatable bonds is 6. The first-order valence-corrected chi connectivity index (χ1v) is 7.92. The molecule has 1 heterocycles. The number of hydrogen-bond acceptors (Lipinski definition) is 5. The van der Waals surface area contributed by atoms with Gasteiger partial charge in [-0.25, -0.2) is 9.97 Å². The molecule has 4 nitrogen and oxygen atoms in total. The molecule has 0 saturated carbocycles. The molecular weight excluding hydrogens is 282 g/mol. The molecule has 0 atom stereocenters. The highest BCUT2D eigenvalue weighted by Crippen LogP contribution is 2.33. The largest absolute Gasteiger partial charge is 0.497 e. The Balaban J connectivity index is 2.35. The molecule has 0 aliphatic rings. The van der Waals surface area contributed by atoms with Crippen molar-refractivity contribution in [1.29, 1.82) is 0 Å². The van der Waals surface area contributed by atoms with Crippen LogP contribution >= 0.6 is 11.8 Å². The highest BCUT2D eigenvalue weighted by atomic mass is 32.2. The SMILES string of the molecule is CCNc1nc(CC)nc(Sc2cccc(OC)c2)c1C.